The molecule has 0 unspecified atom stereocenters. The lowest BCUT2D eigenvalue weighted by molar-refractivity contribution is 1.15. The van der Waals surface area contributed by atoms with E-state index in [-0.39, 0.29) is 0 Å². The van der Waals surface area contributed by atoms with Crippen LogP contribution in [0.25, 0.3) is 5.57 Å². The highest BCUT2D eigenvalue weighted by Crippen LogP contribution is 2.17. The molecule has 4 heteroatoms. The van der Waals surface area contributed by atoms with Crippen LogP contribution >= 0.6 is 0 Å². The van der Waals surface area contributed by atoms with E-state index in [9.17, 15) is 0 Å². The van der Waals surface area contributed by atoms with Gasteiger partial charge in [-0.25, -0.2) is 9.97 Å². The first kappa shape index (κ1) is 11.5. The fourth-order valence-electron chi connectivity index (χ4n) is 1.96. The van der Waals surface area contributed by atoms with Crippen molar-refractivity contribution in [3.8, 4) is 0 Å². The predicted octanol–water partition coefficient (Wildman–Crippen LogP) is 2.81. The molecule has 94 valence electrons. The van der Waals surface area contributed by atoms with Gasteiger partial charge in [0.1, 0.15) is 11.6 Å². The van der Waals surface area contributed by atoms with Crippen molar-refractivity contribution in [1.29, 1.82) is 0 Å². The Morgan fingerprint density at radius 3 is 2.11 bits per heavy atom. The minimum absolute atomic E-state index is 0.825. The summed E-state index contributed by atoms with van der Waals surface area (Å²) in [5.41, 5.74) is 2.25. The van der Waals surface area contributed by atoms with Crippen LogP contribution in [-0.4, -0.2) is 19.9 Å². The molecule has 2 N–H and O–H groups in total. The normalized spacial score (nSPS) is 10.3. The Balaban J connectivity index is 1.92. The van der Waals surface area contributed by atoms with Crippen molar-refractivity contribution in [2.24, 2.45) is 0 Å². The Morgan fingerprint density at radius 1 is 0.947 bits per heavy atom. The Hall–Kier alpha value is -2.62. The minimum Gasteiger partial charge on any atom is -0.345 e. The third-order valence-corrected chi connectivity index (χ3v) is 2.89. The molecule has 0 aliphatic rings. The average Bonchev–Trinajstić information content (AvgIpc) is 3.13. The van der Waals surface area contributed by atoms with Crippen LogP contribution < -0.4 is 0 Å². The third-order valence-electron chi connectivity index (χ3n) is 2.89. The molecule has 2 heterocycles. The summed E-state index contributed by atoms with van der Waals surface area (Å²) in [6, 6.07) is 10.3. The molecule has 0 aliphatic heterocycles. The molecule has 0 bridgehead atoms. The molecule has 0 spiro atoms. The number of benzene rings is 1. The van der Waals surface area contributed by atoms with Crippen LogP contribution in [0.5, 0.6) is 0 Å². The number of H-pyrrole nitrogens is 2. The van der Waals surface area contributed by atoms with E-state index in [4.69, 9.17) is 0 Å². The number of imidazole rings is 2. The number of nitrogens with zero attached hydrogens (tertiary/aromatic N) is 2. The summed E-state index contributed by atoms with van der Waals surface area (Å²) in [7, 11) is 0. The highest BCUT2D eigenvalue weighted by atomic mass is 14.9. The predicted molar refractivity (Wildman–Crippen MR) is 74.4 cm³/mol. The lowest BCUT2D eigenvalue weighted by Crippen LogP contribution is -1.94. The van der Waals surface area contributed by atoms with E-state index in [1.54, 1.807) is 12.4 Å². The van der Waals surface area contributed by atoms with E-state index >= 15 is 0 Å². The summed E-state index contributed by atoms with van der Waals surface area (Å²) in [6.45, 7) is 0. The lowest BCUT2D eigenvalue weighted by atomic mass is 10.1. The van der Waals surface area contributed by atoms with E-state index < -0.39 is 0 Å². The van der Waals surface area contributed by atoms with Crippen molar-refractivity contribution in [3.63, 3.8) is 0 Å². The van der Waals surface area contributed by atoms with E-state index in [0.29, 0.717) is 0 Å². The van der Waals surface area contributed by atoms with E-state index in [1.165, 1.54) is 5.56 Å². The van der Waals surface area contributed by atoms with Gasteiger partial charge in [0.05, 0.1) is 5.57 Å². The molecule has 0 amide bonds. The zero-order valence-corrected chi connectivity index (χ0v) is 10.4. The van der Waals surface area contributed by atoms with Gasteiger partial charge in [-0.3, -0.25) is 0 Å². The van der Waals surface area contributed by atoms with E-state index in [1.807, 2.05) is 30.6 Å². The first-order valence-electron chi connectivity index (χ1n) is 6.17. The molecular formula is C15H14N4. The number of nitrogens with one attached hydrogen (secondary N) is 2. The summed E-state index contributed by atoms with van der Waals surface area (Å²) in [5.74, 6) is 1.65. The summed E-state index contributed by atoms with van der Waals surface area (Å²) in [4.78, 5) is 14.8. The quantitative estimate of drug-likeness (QED) is 0.748. The van der Waals surface area contributed by atoms with Gasteiger partial charge in [-0.1, -0.05) is 36.4 Å². The Labute approximate surface area is 111 Å². The fourth-order valence-corrected chi connectivity index (χ4v) is 1.96. The molecule has 0 fully saturated rings. The van der Waals surface area contributed by atoms with Crippen LogP contribution in [0.3, 0.4) is 0 Å². The van der Waals surface area contributed by atoms with Crippen LogP contribution in [0.4, 0.5) is 0 Å². The van der Waals surface area contributed by atoms with Crippen molar-refractivity contribution >= 4 is 5.57 Å². The number of allylic oxidation sites excluding steroid dienone is 1. The van der Waals surface area contributed by atoms with Gasteiger partial charge in [0.25, 0.3) is 0 Å². The standard InChI is InChI=1S/C15H14N4/c1-2-4-12(5-3-1)6-7-13(14-16-8-9-17-14)15-18-10-11-19-15/h1-5,7-11H,6H2,(H,16,17)(H,18,19). The first-order chi connectivity index (χ1) is 9.43. The van der Waals surface area contributed by atoms with Crippen molar-refractivity contribution in [2.75, 3.05) is 0 Å². The van der Waals surface area contributed by atoms with Crippen LogP contribution in [0.15, 0.2) is 61.2 Å². The second-order valence-electron chi connectivity index (χ2n) is 4.18. The summed E-state index contributed by atoms with van der Waals surface area (Å²) in [6.07, 6.45) is 10.1. The highest BCUT2D eigenvalue weighted by Gasteiger charge is 2.09. The number of aromatic amines is 2. The Bertz CT molecular complexity index is 601. The minimum atomic E-state index is 0.825. The van der Waals surface area contributed by atoms with Crippen molar-refractivity contribution < 1.29 is 0 Å². The second-order valence-corrected chi connectivity index (χ2v) is 4.18. The molecule has 1 aromatic carbocycles. The Kier molecular flexibility index (Phi) is 3.23. The Morgan fingerprint density at radius 2 is 1.58 bits per heavy atom. The molecule has 0 radical (unpaired) electrons. The highest BCUT2D eigenvalue weighted by molar-refractivity contribution is 5.72. The van der Waals surface area contributed by atoms with Gasteiger partial charge in [-0.05, 0) is 12.0 Å². The van der Waals surface area contributed by atoms with Crippen molar-refractivity contribution in [2.45, 2.75) is 6.42 Å². The molecule has 0 atom stereocenters. The zero-order chi connectivity index (χ0) is 12.9. The maximum absolute atomic E-state index is 4.30. The fraction of sp³-hybridized carbons (Fsp3) is 0.0667. The molecule has 3 rings (SSSR count). The molecular weight excluding hydrogens is 236 g/mol. The number of rotatable bonds is 4. The van der Waals surface area contributed by atoms with Gasteiger partial charge in [0.2, 0.25) is 0 Å². The second kappa shape index (κ2) is 5.35. The maximum Gasteiger partial charge on any atom is 0.140 e. The number of aromatic nitrogens is 4. The van der Waals surface area contributed by atoms with Crippen LogP contribution in [0.2, 0.25) is 0 Å². The summed E-state index contributed by atoms with van der Waals surface area (Å²) >= 11 is 0. The zero-order valence-electron chi connectivity index (χ0n) is 10.4. The van der Waals surface area contributed by atoms with Crippen LogP contribution in [-0.2, 0) is 6.42 Å². The summed E-state index contributed by atoms with van der Waals surface area (Å²) in [5, 5.41) is 0. The number of hydrogen-bond acceptors (Lipinski definition) is 2. The topological polar surface area (TPSA) is 57.4 Å². The van der Waals surface area contributed by atoms with Crippen molar-refractivity contribution in [1.82, 2.24) is 19.9 Å². The van der Waals surface area contributed by atoms with E-state index in [2.05, 4.69) is 38.1 Å². The largest absolute Gasteiger partial charge is 0.345 e. The van der Waals surface area contributed by atoms with Gasteiger partial charge < -0.3 is 9.97 Å². The van der Waals surface area contributed by atoms with Gasteiger partial charge in [-0.2, -0.15) is 0 Å². The average molecular weight is 250 g/mol. The van der Waals surface area contributed by atoms with Crippen LogP contribution in [0, 0.1) is 0 Å². The summed E-state index contributed by atoms with van der Waals surface area (Å²) < 4.78 is 0. The SMILES string of the molecule is C(Cc1ccccc1)=C(c1ncc[nH]1)c1ncc[nH]1. The molecule has 0 aliphatic carbocycles. The molecule has 0 saturated carbocycles. The number of hydrogen-bond donors (Lipinski definition) is 2. The van der Waals surface area contributed by atoms with Crippen LogP contribution in [0.1, 0.15) is 17.2 Å². The molecule has 3 aromatic rings. The smallest absolute Gasteiger partial charge is 0.140 e. The molecule has 2 aromatic heterocycles. The van der Waals surface area contributed by atoms with Gasteiger partial charge in [0, 0.05) is 24.8 Å². The van der Waals surface area contributed by atoms with Gasteiger partial charge in [-0.15, -0.1) is 0 Å². The maximum atomic E-state index is 4.30. The molecule has 0 saturated heterocycles. The third kappa shape index (κ3) is 2.63. The lowest BCUT2D eigenvalue weighted by Gasteiger charge is -2.02. The van der Waals surface area contributed by atoms with Gasteiger partial charge in [0.15, 0.2) is 0 Å². The van der Waals surface area contributed by atoms with Gasteiger partial charge >= 0.3 is 0 Å². The molecule has 4 nitrogen and oxygen atoms in total. The van der Waals surface area contributed by atoms with E-state index in [0.717, 1.165) is 23.6 Å². The monoisotopic (exact) mass is 250 g/mol. The first-order valence-corrected chi connectivity index (χ1v) is 6.17. The molecule has 19 heavy (non-hydrogen) atoms. The van der Waals surface area contributed by atoms with Crippen molar-refractivity contribution in [3.05, 3.63) is 78.4 Å².